The fourth-order valence-electron chi connectivity index (χ4n) is 4.50. The Morgan fingerprint density at radius 3 is 2.15 bits per heavy atom. The number of carbonyl (C=O) groups is 2. The molecule has 0 aliphatic rings. The predicted octanol–water partition coefficient (Wildman–Crippen LogP) is 5.18. The van der Waals surface area contributed by atoms with E-state index >= 15 is 0 Å². The number of methoxy groups -OCH3 is 1. The molecule has 4 aromatic carbocycles. The van der Waals surface area contributed by atoms with Crippen LogP contribution in [0.15, 0.2) is 102 Å². The summed E-state index contributed by atoms with van der Waals surface area (Å²) in [5.74, 6) is -0.941. The first-order valence-corrected chi connectivity index (χ1v) is 16.4. The molecule has 0 atom stereocenters. The normalized spacial score (nSPS) is 11.1. The van der Waals surface area contributed by atoms with Crippen LogP contribution in [0.3, 0.4) is 0 Å². The minimum absolute atomic E-state index is 0.000651. The SMILES string of the molecule is COc1ccccc1Oc1c(OCCO)cc(C(=O)NCC(=O)OCc2ccccc2)cc1N(CC(C)C)S(=O)(=O)c1ccccc1. The van der Waals surface area contributed by atoms with Crippen LogP contribution in [0.1, 0.15) is 29.8 Å². The molecule has 0 saturated carbocycles. The molecule has 4 rings (SSSR count). The minimum Gasteiger partial charge on any atom is -0.493 e. The summed E-state index contributed by atoms with van der Waals surface area (Å²) in [6.45, 7) is 2.76. The van der Waals surface area contributed by atoms with Crippen molar-refractivity contribution in [3.63, 3.8) is 0 Å². The van der Waals surface area contributed by atoms with Gasteiger partial charge in [-0.2, -0.15) is 0 Å². The van der Waals surface area contributed by atoms with E-state index in [2.05, 4.69) is 5.32 Å². The molecule has 0 radical (unpaired) electrons. The number of benzene rings is 4. The lowest BCUT2D eigenvalue weighted by Crippen LogP contribution is -2.35. The largest absolute Gasteiger partial charge is 0.493 e. The number of ether oxygens (including phenoxy) is 4. The number of anilines is 1. The highest BCUT2D eigenvalue weighted by atomic mass is 32.2. The third kappa shape index (κ3) is 9.24. The summed E-state index contributed by atoms with van der Waals surface area (Å²) in [6.07, 6.45) is 0. The second-order valence-electron chi connectivity index (χ2n) is 10.7. The number of aliphatic hydroxyl groups excluding tert-OH is 1. The zero-order valence-electron chi connectivity index (χ0n) is 26.4. The van der Waals surface area contributed by atoms with Gasteiger partial charge in [0.25, 0.3) is 15.9 Å². The van der Waals surface area contributed by atoms with E-state index in [9.17, 15) is 23.1 Å². The molecule has 0 bridgehead atoms. The highest BCUT2D eigenvalue weighted by Crippen LogP contribution is 2.45. The Kier molecular flexibility index (Phi) is 12.2. The van der Waals surface area contributed by atoms with E-state index in [1.54, 1.807) is 42.5 Å². The Bertz CT molecular complexity index is 1750. The number of amides is 1. The smallest absolute Gasteiger partial charge is 0.325 e. The molecule has 2 N–H and O–H groups in total. The van der Waals surface area contributed by atoms with Gasteiger partial charge in [-0.3, -0.25) is 13.9 Å². The van der Waals surface area contributed by atoms with E-state index in [1.165, 1.54) is 31.4 Å². The quantitative estimate of drug-likeness (QED) is 0.155. The summed E-state index contributed by atoms with van der Waals surface area (Å²) in [5.41, 5.74) is 0.770. The van der Waals surface area contributed by atoms with Crippen LogP contribution in [0.25, 0.3) is 0 Å². The first kappa shape index (κ1) is 34.8. The van der Waals surface area contributed by atoms with E-state index in [0.717, 1.165) is 9.87 Å². The molecule has 47 heavy (non-hydrogen) atoms. The Balaban J connectivity index is 1.79. The molecule has 1 amide bonds. The van der Waals surface area contributed by atoms with Crippen molar-refractivity contribution in [2.75, 3.05) is 37.7 Å². The summed E-state index contributed by atoms with van der Waals surface area (Å²) in [7, 11) is -2.74. The fraction of sp³-hybridized carbons (Fsp3) is 0.257. The summed E-state index contributed by atoms with van der Waals surface area (Å²) < 4.78 is 52.5. The van der Waals surface area contributed by atoms with Gasteiger partial charge in [0.1, 0.15) is 19.8 Å². The molecular formula is C35H38N2O9S. The second-order valence-corrected chi connectivity index (χ2v) is 12.6. The topological polar surface area (TPSA) is 141 Å². The molecule has 0 unspecified atom stereocenters. The summed E-state index contributed by atoms with van der Waals surface area (Å²) in [6, 6.07) is 26.5. The molecular weight excluding hydrogens is 624 g/mol. The van der Waals surface area contributed by atoms with Gasteiger partial charge in [-0.25, -0.2) is 8.42 Å². The number of hydrogen-bond donors (Lipinski definition) is 2. The molecule has 4 aromatic rings. The highest BCUT2D eigenvalue weighted by Gasteiger charge is 2.32. The van der Waals surface area contributed by atoms with Crippen molar-refractivity contribution in [3.05, 3.63) is 108 Å². The van der Waals surface area contributed by atoms with E-state index in [0.29, 0.717) is 5.75 Å². The van der Waals surface area contributed by atoms with Crippen LogP contribution in [-0.2, 0) is 26.2 Å². The number of nitrogens with one attached hydrogen (secondary N) is 1. The number of hydrogen-bond acceptors (Lipinski definition) is 9. The number of para-hydroxylation sites is 2. The van der Waals surface area contributed by atoms with E-state index in [-0.39, 0.29) is 65.7 Å². The predicted molar refractivity (Wildman–Crippen MR) is 176 cm³/mol. The van der Waals surface area contributed by atoms with Crippen molar-refractivity contribution in [3.8, 4) is 23.0 Å². The van der Waals surface area contributed by atoms with Gasteiger partial charge in [-0.1, -0.05) is 74.5 Å². The van der Waals surface area contributed by atoms with Crippen LogP contribution in [0.5, 0.6) is 23.0 Å². The number of rotatable bonds is 16. The molecule has 11 nitrogen and oxygen atoms in total. The molecule has 0 spiro atoms. The average Bonchev–Trinajstić information content (AvgIpc) is 3.09. The molecule has 0 heterocycles. The van der Waals surface area contributed by atoms with Crippen molar-refractivity contribution in [1.82, 2.24) is 5.32 Å². The van der Waals surface area contributed by atoms with E-state index in [1.807, 2.05) is 44.2 Å². The van der Waals surface area contributed by atoms with Crippen molar-refractivity contribution >= 4 is 27.6 Å². The van der Waals surface area contributed by atoms with E-state index in [4.69, 9.17) is 18.9 Å². The number of carbonyl (C=O) groups excluding carboxylic acids is 2. The van der Waals surface area contributed by atoms with Gasteiger partial charge >= 0.3 is 5.97 Å². The Morgan fingerprint density at radius 1 is 0.872 bits per heavy atom. The molecule has 0 fully saturated rings. The van der Waals surface area contributed by atoms with Gasteiger partial charge < -0.3 is 29.4 Å². The summed E-state index contributed by atoms with van der Waals surface area (Å²) in [5, 5.41) is 12.1. The molecule has 0 aliphatic carbocycles. The van der Waals surface area contributed by atoms with Crippen LogP contribution < -0.4 is 23.8 Å². The Labute approximate surface area is 274 Å². The second kappa shape index (κ2) is 16.5. The van der Waals surface area contributed by atoms with Crippen LogP contribution in [0.2, 0.25) is 0 Å². The van der Waals surface area contributed by atoms with Crippen LogP contribution in [-0.4, -0.2) is 58.8 Å². The molecule has 0 aromatic heterocycles. The third-order valence-electron chi connectivity index (χ3n) is 6.69. The summed E-state index contributed by atoms with van der Waals surface area (Å²) in [4.78, 5) is 26.0. The maximum Gasteiger partial charge on any atom is 0.325 e. The van der Waals surface area contributed by atoms with Gasteiger partial charge in [0.2, 0.25) is 0 Å². The number of aliphatic hydroxyl groups is 1. The lowest BCUT2D eigenvalue weighted by molar-refractivity contribution is -0.143. The van der Waals surface area contributed by atoms with Gasteiger partial charge in [0.05, 0.1) is 24.3 Å². The molecule has 0 aliphatic heterocycles. The zero-order valence-corrected chi connectivity index (χ0v) is 27.2. The van der Waals surface area contributed by atoms with Crippen LogP contribution >= 0.6 is 0 Å². The molecule has 248 valence electrons. The average molecular weight is 663 g/mol. The Hall–Kier alpha value is -5.07. The maximum absolute atomic E-state index is 14.2. The maximum atomic E-state index is 14.2. The van der Waals surface area contributed by atoms with Crippen molar-refractivity contribution < 1.29 is 42.1 Å². The first-order valence-electron chi connectivity index (χ1n) is 14.9. The zero-order chi connectivity index (χ0) is 33.8. The van der Waals surface area contributed by atoms with Crippen molar-refractivity contribution in [2.45, 2.75) is 25.3 Å². The number of sulfonamides is 1. The Morgan fingerprint density at radius 2 is 1.51 bits per heavy atom. The van der Waals surface area contributed by atoms with Crippen LogP contribution in [0, 0.1) is 5.92 Å². The minimum atomic E-state index is -4.21. The van der Waals surface area contributed by atoms with E-state index < -0.39 is 28.4 Å². The molecule has 0 saturated heterocycles. The van der Waals surface area contributed by atoms with Crippen molar-refractivity contribution in [2.24, 2.45) is 5.92 Å². The number of esters is 1. The van der Waals surface area contributed by atoms with Crippen LogP contribution in [0.4, 0.5) is 5.69 Å². The lowest BCUT2D eigenvalue weighted by atomic mass is 10.1. The van der Waals surface area contributed by atoms with Gasteiger partial charge in [0.15, 0.2) is 23.0 Å². The lowest BCUT2D eigenvalue weighted by Gasteiger charge is -2.29. The standard InChI is InChI=1S/C35H38N2O9S/c1-25(2)23-37(47(41,42)28-14-8-5-9-15-28)29-20-27(35(40)36-22-33(39)45-24-26-12-6-4-7-13-26)21-32(44-19-18-38)34(29)46-31-17-11-10-16-30(31)43-3/h4-17,20-21,25,38H,18-19,22-24H2,1-3H3,(H,36,40). The van der Waals surface area contributed by atoms with Crippen molar-refractivity contribution in [1.29, 1.82) is 0 Å². The monoisotopic (exact) mass is 662 g/mol. The first-order chi connectivity index (χ1) is 22.6. The van der Waals surface area contributed by atoms with Gasteiger partial charge in [-0.15, -0.1) is 0 Å². The third-order valence-corrected chi connectivity index (χ3v) is 8.49. The fourth-order valence-corrected chi connectivity index (χ4v) is 6.15. The highest BCUT2D eigenvalue weighted by molar-refractivity contribution is 7.92. The summed E-state index contributed by atoms with van der Waals surface area (Å²) >= 11 is 0. The molecule has 12 heteroatoms. The number of nitrogens with zero attached hydrogens (tertiary/aromatic N) is 1. The van der Waals surface area contributed by atoms with Gasteiger partial charge in [0, 0.05) is 12.1 Å². The van der Waals surface area contributed by atoms with Gasteiger partial charge in [-0.05, 0) is 47.9 Å².